The molecule has 3 atom stereocenters. The lowest BCUT2D eigenvalue weighted by molar-refractivity contribution is -0.149. The molecule has 3 unspecified atom stereocenters. The Bertz CT molecular complexity index is 188. The van der Waals surface area contributed by atoms with Crippen LogP contribution in [0, 0.1) is 11.8 Å². The fourth-order valence-corrected chi connectivity index (χ4v) is 2.56. The first kappa shape index (κ1) is 8.24. The number of rotatable bonds is 2. The van der Waals surface area contributed by atoms with Gasteiger partial charge in [-0.3, -0.25) is 4.79 Å². The number of carbonyl (C=O) groups is 1. The molecule has 0 aliphatic heterocycles. The third-order valence-electron chi connectivity index (χ3n) is 3.19. The first-order valence-corrected chi connectivity index (χ1v) is 4.97. The van der Waals surface area contributed by atoms with Crippen molar-refractivity contribution in [3.8, 4) is 0 Å². The van der Waals surface area contributed by atoms with E-state index in [1.54, 1.807) is 0 Å². The van der Waals surface area contributed by atoms with Gasteiger partial charge in [-0.15, -0.1) is 0 Å². The van der Waals surface area contributed by atoms with E-state index >= 15 is 0 Å². The minimum absolute atomic E-state index is 0.271. The van der Waals surface area contributed by atoms with Crippen LogP contribution < -0.4 is 0 Å². The maximum absolute atomic E-state index is 11.5. The van der Waals surface area contributed by atoms with Crippen LogP contribution in [0.3, 0.4) is 0 Å². The minimum Gasteiger partial charge on any atom is -0.378 e. The fourth-order valence-electron chi connectivity index (χ4n) is 2.56. The number of Topliss-reactive ketones (excluding diaryl/α,β-unsaturated/α-hetero) is 1. The second-order valence-electron chi connectivity index (χ2n) is 3.87. The molecule has 2 heteroatoms. The molecule has 0 amide bonds. The molecule has 0 bridgehead atoms. The topological polar surface area (TPSA) is 26.3 Å². The molecule has 2 fully saturated rings. The Kier molecular flexibility index (Phi) is 2.18. The molecule has 0 heterocycles. The normalized spacial score (nSPS) is 40.4. The number of fused-ring (bicyclic) bond motifs is 1. The highest BCUT2D eigenvalue weighted by Gasteiger charge is 2.47. The van der Waals surface area contributed by atoms with Gasteiger partial charge in [-0.1, -0.05) is 0 Å². The van der Waals surface area contributed by atoms with Gasteiger partial charge in [-0.05, 0) is 32.1 Å². The smallest absolute Gasteiger partial charge is 0.138 e. The van der Waals surface area contributed by atoms with E-state index in [4.69, 9.17) is 4.74 Å². The quantitative estimate of drug-likeness (QED) is 0.628. The van der Waals surface area contributed by atoms with Gasteiger partial charge in [0.1, 0.15) is 5.78 Å². The van der Waals surface area contributed by atoms with Crippen LogP contribution >= 0.6 is 0 Å². The van der Waals surface area contributed by atoms with Gasteiger partial charge in [-0.25, -0.2) is 0 Å². The Morgan fingerprint density at radius 1 is 1.58 bits per heavy atom. The van der Waals surface area contributed by atoms with Crippen LogP contribution in [0.1, 0.15) is 32.6 Å². The summed E-state index contributed by atoms with van der Waals surface area (Å²) in [5, 5.41) is 0. The highest BCUT2D eigenvalue weighted by atomic mass is 16.5. The molecule has 68 valence electrons. The van der Waals surface area contributed by atoms with E-state index in [1.165, 1.54) is 6.42 Å². The van der Waals surface area contributed by atoms with Crippen LogP contribution in [0.4, 0.5) is 0 Å². The Hall–Kier alpha value is -0.370. The van der Waals surface area contributed by atoms with E-state index in [0.29, 0.717) is 11.7 Å². The van der Waals surface area contributed by atoms with Crippen LogP contribution in [0.15, 0.2) is 0 Å². The predicted molar refractivity (Wildman–Crippen MR) is 45.9 cm³/mol. The standard InChI is InChI=1S/C10H16O2/c1-2-12-9-6-7-4-3-5-8(11)10(7)9/h7,9-10H,2-6H2,1H3. The molecule has 2 rings (SSSR count). The number of hydrogen-bond acceptors (Lipinski definition) is 2. The van der Waals surface area contributed by atoms with E-state index in [9.17, 15) is 4.79 Å². The molecule has 2 saturated carbocycles. The molecule has 12 heavy (non-hydrogen) atoms. The third kappa shape index (κ3) is 1.18. The van der Waals surface area contributed by atoms with Gasteiger partial charge in [0.05, 0.1) is 6.10 Å². The van der Waals surface area contributed by atoms with Crippen molar-refractivity contribution in [1.82, 2.24) is 0 Å². The highest BCUT2D eigenvalue weighted by Crippen LogP contribution is 2.44. The van der Waals surface area contributed by atoms with Crippen LogP contribution in [-0.2, 0) is 9.53 Å². The summed E-state index contributed by atoms with van der Waals surface area (Å²) in [5.74, 6) is 1.40. The third-order valence-corrected chi connectivity index (χ3v) is 3.19. The van der Waals surface area contributed by atoms with Crippen LogP contribution in [0.25, 0.3) is 0 Å². The molecule has 0 aromatic heterocycles. The zero-order valence-electron chi connectivity index (χ0n) is 7.58. The summed E-state index contributed by atoms with van der Waals surface area (Å²) >= 11 is 0. The summed E-state index contributed by atoms with van der Waals surface area (Å²) in [6, 6.07) is 0. The molecular weight excluding hydrogens is 152 g/mol. The fraction of sp³-hybridized carbons (Fsp3) is 0.900. The number of hydrogen-bond donors (Lipinski definition) is 0. The molecule has 2 nitrogen and oxygen atoms in total. The van der Waals surface area contributed by atoms with E-state index in [1.807, 2.05) is 6.92 Å². The van der Waals surface area contributed by atoms with Crippen molar-refractivity contribution in [3.63, 3.8) is 0 Å². The van der Waals surface area contributed by atoms with Crippen LogP contribution in [-0.4, -0.2) is 18.5 Å². The Morgan fingerprint density at radius 3 is 3.08 bits per heavy atom. The lowest BCUT2D eigenvalue weighted by Crippen LogP contribution is -2.49. The van der Waals surface area contributed by atoms with Crippen molar-refractivity contribution < 1.29 is 9.53 Å². The van der Waals surface area contributed by atoms with Gasteiger partial charge in [0.25, 0.3) is 0 Å². The van der Waals surface area contributed by atoms with Gasteiger partial charge >= 0.3 is 0 Å². The molecule has 0 spiro atoms. The highest BCUT2D eigenvalue weighted by molar-refractivity contribution is 5.83. The number of carbonyl (C=O) groups excluding carboxylic acids is 1. The lowest BCUT2D eigenvalue weighted by Gasteiger charge is -2.46. The number of ether oxygens (including phenoxy) is 1. The maximum atomic E-state index is 11.5. The molecule has 0 aromatic carbocycles. The Morgan fingerprint density at radius 2 is 2.42 bits per heavy atom. The van der Waals surface area contributed by atoms with Crippen LogP contribution in [0.5, 0.6) is 0 Å². The monoisotopic (exact) mass is 168 g/mol. The van der Waals surface area contributed by atoms with E-state index < -0.39 is 0 Å². The predicted octanol–water partition coefficient (Wildman–Crippen LogP) is 1.78. The van der Waals surface area contributed by atoms with Crippen molar-refractivity contribution in [2.24, 2.45) is 11.8 Å². The second kappa shape index (κ2) is 3.17. The molecule has 0 saturated heterocycles. The largest absolute Gasteiger partial charge is 0.378 e. The second-order valence-corrected chi connectivity index (χ2v) is 3.87. The summed E-state index contributed by atoms with van der Waals surface area (Å²) in [6.45, 7) is 2.75. The minimum atomic E-state index is 0.271. The van der Waals surface area contributed by atoms with Gasteiger partial charge in [-0.2, -0.15) is 0 Å². The first-order chi connectivity index (χ1) is 5.83. The summed E-state index contributed by atoms with van der Waals surface area (Å²) in [4.78, 5) is 11.5. The molecule has 0 N–H and O–H groups in total. The summed E-state index contributed by atoms with van der Waals surface area (Å²) in [6.07, 6.45) is 4.56. The first-order valence-electron chi connectivity index (χ1n) is 4.97. The van der Waals surface area contributed by atoms with Crippen molar-refractivity contribution in [1.29, 1.82) is 0 Å². The molecule has 0 aromatic rings. The maximum Gasteiger partial charge on any atom is 0.138 e. The molecule has 2 aliphatic carbocycles. The average Bonchev–Trinajstić information content (AvgIpc) is 2.00. The van der Waals surface area contributed by atoms with Gasteiger partial charge in [0.2, 0.25) is 0 Å². The summed E-state index contributed by atoms with van der Waals surface area (Å²) < 4.78 is 5.50. The summed E-state index contributed by atoms with van der Waals surface area (Å²) in [5.41, 5.74) is 0. The number of ketones is 1. The van der Waals surface area contributed by atoms with Crippen molar-refractivity contribution in [2.45, 2.75) is 38.7 Å². The lowest BCUT2D eigenvalue weighted by atomic mass is 9.63. The Labute approximate surface area is 73.3 Å². The van der Waals surface area contributed by atoms with E-state index in [0.717, 1.165) is 25.9 Å². The zero-order chi connectivity index (χ0) is 8.55. The zero-order valence-corrected chi connectivity index (χ0v) is 7.58. The van der Waals surface area contributed by atoms with Gasteiger partial charge in [0.15, 0.2) is 0 Å². The van der Waals surface area contributed by atoms with E-state index in [2.05, 4.69) is 0 Å². The van der Waals surface area contributed by atoms with Gasteiger partial charge in [0, 0.05) is 18.9 Å². The molecule has 0 radical (unpaired) electrons. The van der Waals surface area contributed by atoms with Gasteiger partial charge < -0.3 is 4.74 Å². The Balaban J connectivity index is 1.94. The summed E-state index contributed by atoms with van der Waals surface area (Å²) in [7, 11) is 0. The van der Waals surface area contributed by atoms with Crippen molar-refractivity contribution in [3.05, 3.63) is 0 Å². The van der Waals surface area contributed by atoms with Crippen LogP contribution in [0.2, 0.25) is 0 Å². The molecular formula is C10H16O2. The van der Waals surface area contributed by atoms with E-state index in [-0.39, 0.29) is 12.0 Å². The molecule has 2 aliphatic rings. The van der Waals surface area contributed by atoms with Crippen molar-refractivity contribution >= 4 is 5.78 Å². The van der Waals surface area contributed by atoms with Crippen molar-refractivity contribution in [2.75, 3.05) is 6.61 Å². The average molecular weight is 168 g/mol. The SMILES string of the molecule is CCOC1CC2CCCC(=O)C21.